The molecule has 1 aliphatic carbocycles. The van der Waals surface area contributed by atoms with Crippen molar-refractivity contribution < 1.29 is 19.1 Å². The van der Waals surface area contributed by atoms with Crippen LogP contribution in [0.1, 0.15) is 45.4 Å². The molecule has 0 aromatic heterocycles. The highest BCUT2D eigenvalue weighted by atomic mass is 16.5. The molecule has 0 heterocycles. The van der Waals surface area contributed by atoms with E-state index in [0.29, 0.717) is 24.3 Å². The van der Waals surface area contributed by atoms with Crippen molar-refractivity contribution in [2.75, 3.05) is 7.11 Å². The van der Waals surface area contributed by atoms with E-state index in [-0.39, 0.29) is 5.91 Å². The van der Waals surface area contributed by atoms with Crippen molar-refractivity contribution in [3.63, 3.8) is 0 Å². The Morgan fingerprint density at radius 2 is 1.79 bits per heavy atom. The predicted molar refractivity (Wildman–Crippen MR) is 90.9 cm³/mol. The molecule has 0 spiro atoms. The molecule has 1 aromatic rings. The molecule has 1 atom stereocenters. The van der Waals surface area contributed by atoms with Crippen LogP contribution in [-0.4, -0.2) is 30.6 Å². The number of hydrogen-bond acceptors (Lipinski definition) is 4. The average Bonchev–Trinajstić information content (AvgIpc) is 2.81. The smallest absolute Gasteiger partial charge is 0.261 e. The van der Waals surface area contributed by atoms with Crippen LogP contribution >= 0.6 is 0 Å². The van der Waals surface area contributed by atoms with Crippen molar-refractivity contribution in [3.8, 4) is 11.5 Å². The Morgan fingerprint density at radius 3 is 2.38 bits per heavy atom. The molecular weight excluding hydrogens is 308 g/mol. The fourth-order valence-electron chi connectivity index (χ4n) is 3.03. The Balaban J connectivity index is 2.04. The van der Waals surface area contributed by atoms with Crippen LogP contribution in [0.5, 0.6) is 11.5 Å². The van der Waals surface area contributed by atoms with Crippen LogP contribution in [0, 0.1) is 0 Å². The van der Waals surface area contributed by atoms with Crippen molar-refractivity contribution >= 4 is 11.8 Å². The third-order valence-electron chi connectivity index (χ3n) is 4.51. The number of primary amides is 1. The van der Waals surface area contributed by atoms with Gasteiger partial charge in [-0.05, 0) is 31.9 Å². The van der Waals surface area contributed by atoms with Crippen LogP contribution in [-0.2, 0) is 9.59 Å². The molecule has 1 aliphatic rings. The lowest BCUT2D eigenvalue weighted by atomic mass is 9.89. The summed E-state index contributed by atoms with van der Waals surface area (Å²) in [4.78, 5) is 24.5. The highest BCUT2D eigenvalue weighted by Gasteiger charge is 2.39. The molecule has 0 aliphatic heterocycles. The van der Waals surface area contributed by atoms with E-state index in [2.05, 4.69) is 5.32 Å². The van der Waals surface area contributed by atoms with E-state index in [4.69, 9.17) is 15.2 Å². The largest absolute Gasteiger partial charge is 0.497 e. The first-order valence-electron chi connectivity index (χ1n) is 8.39. The van der Waals surface area contributed by atoms with E-state index in [9.17, 15) is 9.59 Å². The van der Waals surface area contributed by atoms with Gasteiger partial charge in [0.1, 0.15) is 17.0 Å². The standard InChI is InChI=1S/C18H26N2O4/c1-13(24-15-9-7-8-14(12-15)23-2)16(21)20-18(17(19)22)10-5-3-4-6-11-18/h7-9,12-13H,3-6,10-11H2,1-2H3,(H2,19,22)(H,20,21). The summed E-state index contributed by atoms with van der Waals surface area (Å²) >= 11 is 0. The molecule has 24 heavy (non-hydrogen) atoms. The van der Waals surface area contributed by atoms with Gasteiger partial charge in [-0.2, -0.15) is 0 Å². The van der Waals surface area contributed by atoms with Crippen LogP contribution in [0.25, 0.3) is 0 Å². The minimum absolute atomic E-state index is 0.335. The number of methoxy groups -OCH3 is 1. The molecule has 132 valence electrons. The number of rotatable bonds is 6. The summed E-state index contributed by atoms with van der Waals surface area (Å²) in [7, 11) is 1.57. The molecule has 1 unspecified atom stereocenters. The van der Waals surface area contributed by atoms with Gasteiger partial charge < -0.3 is 20.5 Å². The second-order valence-electron chi connectivity index (χ2n) is 6.29. The molecule has 2 rings (SSSR count). The van der Waals surface area contributed by atoms with Gasteiger partial charge in [0.2, 0.25) is 5.91 Å². The first-order valence-corrected chi connectivity index (χ1v) is 8.39. The monoisotopic (exact) mass is 334 g/mol. The van der Waals surface area contributed by atoms with Crippen LogP contribution in [0.15, 0.2) is 24.3 Å². The lowest BCUT2D eigenvalue weighted by Crippen LogP contribution is -2.59. The third kappa shape index (κ3) is 4.40. The SMILES string of the molecule is COc1cccc(OC(C)C(=O)NC2(C(N)=O)CCCCCC2)c1. The lowest BCUT2D eigenvalue weighted by molar-refractivity contribution is -0.135. The van der Waals surface area contributed by atoms with Crippen LogP contribution in [0.3, 0.4) is 0 Å². The van der Waals surface area contributed by atoms with E-state index in [0.717, 1.165) is 25.7 Å². The zero-order valence-electron chi connectivity index (χ0n) is 14.3. The minimum Gasteiger partial charge on any atom is -0.497 e. The van der Waals surface area contributed by atoms with E-state index < -0.39 is 17.6 Å². The number of nitrogens with one attached hydrogen (secondary N) is 1. The Hall–Kier alpha value is -2.24. The summed E-state index contributed by atoms with van der Waals surface area (Å²) in [6.07, 6.45) is 4.31. The molecule has 1 aromatic carbocycles. The van der Waals surface area contributed by atoms with Crippen molar-refractivity contribution in [1.29, 1.82) is 0 Å². The van der Waals surface area contributed by atoms with Crippen molar-refractivity contribution in [3.05, 3.63) is 24.3 Å². The average molecular weight is 334 g/mol. The van der Waals surface area contributed by atoms with E-state index in [1.54, 1.807) is 38.3 Å². The molecular formula is C18H26N2O4. The zero-order chi connectivity index (χ0) is 17.6. The van der Waals surface area contributed by atoms with Crippen molar-refractivity contribution in [2.24, 2.45) is 5.73 Å². The quantitative estimate of drug-likeness (QED) is 0.780. The summed E-state index contributed by atoms with van der Waals surface area (Å²) in [5, 5.41) is 2.85. The Morgan fingerprint density at radius 1 is 1.17 bits per heavy atom. The third-order valence-corrected chi connectivity index (χ3v) is 4.51. The van der Waals surface area contributed by atoms with Gasteiger partial charge in [-0.25, -0.2) is 0 Å². The van der Waals surface area contributed by atoms with Crippen molar-refractivity contribution in [2.45, 2.75) is 57.1 Å². The fraction of sp³-hybridized carbons (Fsp3) is 0.556. The molecule has 0 radical (unpaired) electrons. The van der Waals surface area contributed by atoms with Gasteiger partial charge in [-0.1, -0.05) is 31.7 Å². The number of amides is 2. The van der Waals surface area contributed by atoms with Crippen LogP contribution < -0.4 is 20.5 Å². The van der Waals surface area contributed by atoms with Crippen molar-refractivity contribution in [1.82, 2.24) is 5.32 Å². The topological polar surface area (TPSA) is 90.7 Å². The molecule has 0 bridgehead atoms. The predicted octanol–water partition coefficient (Wildman–Crippen LogP) is 2.16. The highest BCUT2D eigenvalue weighted by molar-refractivity contribution is 5.91. The highest BCUT2D eigenvalue weighted by Crippen LogP contribution is 2.27. The Bertz CT molecular complexity index is 580. The normalized spacial score (nSPS) is 18.1. The van der Waals surface area contributed by atoms with E-state index in [1.165, 1.54) is 0 Å². The maximum absolute atomic E-state index is 12.5. The molecule has 2 amide bonds. The second kappa shape index (κ2) is 8.04. The number of hydrogen-bond donors (Lipinski definition) is 2. The van der Waals surface area contributed by atoms with E-state index in [1.807, 2.05) is 0 Å². The first kappa shape index (κ1) is 18.1. The van der Waals surface area contributed by atoms with Gasteiger partial charge in [-0.3, -0.25) is 9.59 Å². The first-order chi connectivity index (χ1) is 11.5. The molecule has 1 saturated carbocycles. The van der Waals surface area contributed by atoms with Gasteiger partial charge in [0, 0.05) is 6.07 Å². The summed E-state index contributed by atoms with van der Waals surface area (Å²) in [5.74, 6) is 0.383. The molecule has 3 N–H and O–H groups in total. The number of carbonyl (C=O) groups excluding carboxylic acids is 2. The van der Waals surface area contributed by atoms with Gasteiger partial charge in [0.15, 0.2) is 6.10 Å². The number of nitrogens with two attached hydrogens (primary N) is 1. The number of carbonyl (C=O) groups is 2. The van der Waals surface area contributed by atoms with Gasteiger partial charge in [0.05, 0.1) is 7.11 Å². The molecule has 6 nitrogen and oxygen atoms in total. The lowest BCUT2D eigenvalue weighted by Gasteiger charge is -2.31. The summed E-state index contributed by atoms with van der Waals surface area (Å²) in [5.41, 5.74) is 4.64. The zero-order valence-corrected chi connectivity index (χ0v) is 14.3. The number of ether oxygens (including phenoxy) is 2. The van der Waals surface area contributed by atoms with Gasteiger partial charge in [-0.15, -0.1) is 0 Å². The Labute approximate surface area is 142 Å². The Kier molecular flexibility index (Phi) is 6.06. The minimum atomic E-state index is -0.959. The van der Waals surface area contributed by atoms with Crippen LogP contribution in [0.4, 0.5) is 0 Å². The summed E-state index contributed by atoms with van der Waals surface area (Å²) < 4.78 is 10.8. The van der Waals surface area contributed by atoms with Crippen LogP contribution in [0.2, 0.25) is 0 Å². The fourth-order valence-corrected chi connectivity index (χ4v) is 3.03. The summed E-state index contributed by atoms with van der Waals surface area (Å²) in [6, 6.07) is 7.04. The molecule has 6 heteroatoms. The molecule has 1 fully saturated rings. The summed E-state index contributed by atoms with van der Waals surface area (Å²) in [6.45, 7) is 1.65. The van der Waals surface area contributed by atoms with E-state index >= 15 is 0 Å². The maximum atomic E-state index is 12.5. The number of benzene rings is 1. The van der Waals surface area contributed by atoms with Gasteiger partial charge in [0.25, 0.3) is 5.91 Å². The second-order valence-corrected chi connectivity index (χ2v) is 6.29. The maximum Gasteiger partial charge on any atom is 0.261 e. The van der Waals surface area contributed by atoms with Gasteiger partial charge >= 0.3 is 0 Å². The molecule has 0 saturated heterocycles.